The molecule has 9 heteroatoms. The zero-order valence-electron chi connectivity index (χ0n) is 14.1. The first-order chi connectivity index (χ1) is 13.2. The maximum atomic E-state index is 12.3. The molecule has 0 aliphatic heterocycles. The van der Waals surface area contributed by atoms with Gasteiger partial charge >= 0.3 is 0 Å². The fourth-order valence-electron chi connectivity index (χ4n) is 2.89. The molecule has 0 amide bonds. The Balaban J connectivity index is 1.64. The van der Waals surface area contributed by atoms with E-state index in [9.17, 15) is 4.79 Å². The summed E-state index contributed by atoms with van der Waals surface area (Å²) in [6.07, 6.45) is 0. The van der Waals surface area contributed by atoms with Crippen LogP contribution in [0.4, 0.5) is 0 Å². The molecule has 1 N–H and O–H groups in total. The van der Waals surface area contributed by atoms with Crippen molar-refractivity contribution >= 4 is 16.6 Å². The first-order valence-corrected chi connectivity index (χ1v) is 8.09. The van der Waals surface area contributed by atoms with Crippen LogP contribution in [0.3, 0.4) is 0 Å². The van der Waals surface area contributed by atoms with E-state index in [4.69, 9.17) is 9.15 Å². The van der Waals surface area contributed by atoms with Crippen molar-refractivity contribution in [2.75, 3.05) is 7.11 Å². The van der Waals surface area contributed by atoms with Gasteiger partial charge in [0.1, 0.15) is 5.75 Å². The number of nitrogens with one attached hydrogen (secondary N) is 1. The number of methoxy groups -OCH3 is 1. The quantitative estimate of drug-likeness (QED) is 0.525. The van der Waals surface area contributed by atoms with Gasteiger partial charge in [0.25, 0.3) is 11.4 Å². The van der Waals surface area contributed by atoms with Gasteiger partial charge in [-0.15, -0.1) is 15.3 Å². The summed E-state index contributed by atoms with van der Waals surface area (Å²) in [4.78, 5) is 16.4. The molecular formula is C18H12N6O3. The lowest BCUT2D eigenvalue weighted by atomic mass is 10.2. The van der Waals surface area contributed by atoms with E-state index >= 15 is 0 Å². The van der Waals surface area contributed by atoms with Gasteiger partial charge < -0.3 is 9.15 Å². The molecule has 0 radical (unpaired) electrons. The third-order valence-electron chi connectivity index (χ3n) is 4.23. The lowest BCUT2D eigenvalue weighted by Gasteiger charge is -1.99. The highest BCUT2D eigenvalue weighted by Crippen LogP contribution is 2.26. The Labute approximate surface area is 151 Å². The predicted octanol–water partition coefficient (Wildman–Crippen LogP) is 2.30. The second-order valence-corrected chi connectivity index (χ2v) is 5.79. The minimum atomic E-state index is -0.344. The topological polar surface area (TPSA) is 111 Å². The zero-order valence-corrected chi connectivity index (χ0v) is 14.1. The molecule has 132 valence electrons. The summed E-state index contributed by atoms with van der Waals surface area (Å²) < 4.78 is 12.5. The smallest absolute Gasteiger partial charge is 0.281 e. The van der Waals surface area contributed by atoms with E-state index in [0.717, 1.165) is 11.3 Å². The molecular weight excluding hydrogens is 348 g/mol. The van der Waals surface area contributed by atoms with Gasteiger partial charge in [0.05, 0.1) is 18.0 Å². The van der Waals surface area contributed by atoms with E-state index in [1.54, 1.807) is 35.9 Å². The van der Waals surface area contributed by atoms with Crippen molar-refractivity contribution in [3.05, 3.63) is 58.9 Å². The third-order valence-corrected chi connectivity index (χ3v) is 4.23. The third kappa shape index (κ3) is 2.36. The molecule has 5 rings (SSSR count). The van der Waals surface area contributed by atoms with E-state index in [1.165, 1.54) is 0 Å². The molecule has 3 heterocycles. The van der Waals surface area contributed by atoms with Crippen LogP contribution < -0.4 is 10.3 Å². The molecule has 0 aliphatic rings. The van der Waals surface area contributed by atoms with Crippen molar-refractivity contribution in [3.63, 3.8) is 0 Å². The molecule has 0 atom stereocenters. The average molecular weight is 360 g/mol. The molecule has 2 aromatic carbocycles. The fourth-order valence-corrected chi connectivity index (χ4v) is 2.89. The highest BCUT2D eigenvalue weighted by Gasteiger charge is 2.19. The Morgan fingerprint density at radius 1 is 1.04 bits per heavy atom. The van der Waals surface area contributed by atoms with Crippen molar-refractivity contribution in [1.29, 1.82) is 0 Å². The maximum absolute atomic E-state index is 12.3. The van der Waals surface area contributed by atoms with E-state index in [-0.39, 0.29) is 11.4 Å². The summed E-state index contributed by atoms with van der Waals surface area (Å²) in [5.74, 6) is 1.23. The Morgan fingerprint density at radius 2 is 1.81 bits per heavy atom. The molecule has 0 spiro atoms. The van der Waals surface area contributed by atoms with Crippen molar-refractivity contribution in [2.24, 2.45) is 0 Å². The van der Waals surface area contributed by atoms with Gasteiger partial charge in [0.15, 0.2) is 11.3 Å². The van der Waals surface area contributed by atoms with E-state index < -0.39 is 0 Å². The molecule has 0 saturated heterocycles. The minimum Gasteiger partial charge on any atom is -0.497 e. The molecule has 9 nitrogen and oxygen atoms in total. The van der Waals surface area contributed by atoms with Crippen LogP contribution in [-0.4, -0.2) is 37.1 Å². The van der Waals surface area contributed by atoms with Crippen LogP contribution >= 0.6 is 0 Å². The van der Waals surface area contributed by atoms with Gasteiger partial charge in [-0.05, 0) is 36.4 Å². The molecule has 0 fully saturated rings. The average Bonchev–Trinajstić information content (AvgIpc) is 3.35. The minimum absolute atomic E-state index is 0.168. The van der Waals surface area contributed by atoms with Gasteiger partial charge in [-0.1, -0.05) is 12.1 Å². The highest BCUT2D eigenvalue weighted by atomic mass is 16.5. The normalized spacial score (nSPS) is 11.3. The lowest BCUT2D eigenvalue weighted by molar-refractivity contribution is 0.415. The fraction of sp³-hybridized carbons (Fsp3) is 0.0556. The summed E-state index contributed by atoms with van der Waals surface area (Å²) in [6.45, 7) is 0. The first-order valence-electron chi connectivity index (χ1n) is 8.09. The van der Waals surface area contributed by atoms with Crippen LogP contribution in [0.5, 0.6) is 5.75 Å². The number of aromatic amines is 1. The Morgan fingerprint density at radius 3 is 2.63 bits per heavy atom. The number of ether oxygens (including phenoxy) is 1. The van der Waals surface area contributed by atoms with Crippen LogP contribution in [-0.2, 0) is 0 Å². The van der Waals surface area contributed by atoms with Crippen molar-refractivity contribution < 1.29 is 9.15 Å². The summed E-state index contributed by atoms with van der Waals surface area (Å²) in [5.41, 5.74) is 1.70. The zero-order chi connectivity index (χ0) is 18.4. The standard InChI is InChI=1S/C18H12N6O3/c1-26-11-8-6-10(7-9-11)17-21-22-18(27-17)14-15-19-16(25)12-4-2-3-5-13(12)24(15)23-20-14/h2-9,23H,1H3. The van der Waals surface area contributed by atoms with Crippen LogP contribution in [0, 0.1) is 0 Å². The van der Waals surface area contributed by atoms with Gasteiger partial charge in [-0.3, -0.25) is 4.79 Å². The van der Waals surface area contributed by atoms with Crippen LogP contribution in [0.1, 0.15) is 0 Å². The molecule has 0 saturated carbocycles. The number of hydrogen-bond donors (Lipinski definition) is 1. The summed E-state index contributed by atoms with van der Waals surface area (Å²) >= 11 is 0. The van der Waals surface area contributed by atoms with Crippen LogP contribution in [0.25, 0.3) is 39.6 Å². The SMILES string of the molecule is COc1ccc(-c2nnc(-c3n[nH]n4c3nc(=O)c3ccccc34)o2)cc1. The second-order valence-electron chi connectivity index (χ2n) is 5.79. The van der Waals surface area contributed by atoms with Crippen molar-refractivity contribution in [1.82, 2.24) is 30.0 Å². The molecule has 5 aromatic rings. The van der Waals surface area contributed by atoms with Gasteiger partial charge in [-0.25, -0.2) is 9.73 Å². The Hall–Kier alpha value is -4.01. The number of nitrogens with zero attached hydrogens (tertiary/aromatic N) is 5. The number of para-hydroxylation sites is 1. The Kier molecular flexibility index (Phi) is 3.26. The summed E-state index contributed by atoms with van der Waals surface area (Å²) in [6, 6.07) is 14.4. The van der Waals surface area contributed by atoms with E-state index in [2.05, 4.69) is 25.5 Å². The monoisotopic (exact) mass is 360 g/mol. The number of H-pyrrole nitrogens is 1. The van der Waals surface area contributed by atoms with E-state index in [1.807, 2.05) is 24.3 Å². The number of hydrogen-bond acceptors (Lipinski definition) is 7. The molecule has 0 aliphatic carbocycles. The molecule has 3 aromatic heterocycles. The van der Waals surface area contributed by atoms with Crippen molar-refractivity contribution in [3.8, 4) is 28.8 Å². The van der Waals surface area contributed by atoms with Gasteiger partial charge in [0.2, 0.25) is 5.89 Å². The number of benzene rings is 2. The number of aromatic nitrogens is 6. The second kappa shape index (κ2) is 5.77. The highest BCUT2D eigenvalue weighted by molar-refractivity contribution is 5.82. The molecule has 0 unspecified atom stereocenters. The van der Waals surface area contributed by atoms with E-state index in [0.29, 0.717) is 28.1 Å². The van der Waals surface area contributed by atoms with Gasteiger partial charge in [0, 0.05) is 5.56 Å². The largest absolute Gasteiger partial charge is 0.497 e. The summed E-state index contributed by atoms with van der Waals surface area (Å²) in [5, 5.41) is 15.7. The number of fused-ring (bicyclic) bond motifs is 3. The lowest BCUT2D eigenvalue weighted by Crippen LogP contribution is -2.10. The maximum Gasteiger partial charge on any atom is 0.281 e. The first kappa shape index (κ1) is 15.3. The van der Waals surface area contributed by atoms with Crippen molar-refractivity contribution in [2.45, 2.75) is 0 Å². The predicted molar refractivity (Wildman–Crippen MR) is 96.4 cm³/mol. The molecule has 0 bridgehead atoms. The summed E-state index contributed by atoms with van der Waals surface area (Å²) in [7, 11) is 1.60. The number of rotatable bonds is 3. The van der Waals surface area contributed by atoms with Crippen LogP contribution in [0.2, 0.25) is 0 Å². The van der Waals surface area contributed by atoms with Gasteiger partial charge in [-0.2, -0.15) is 4.98 Å². The Bertz CT molecular complexity index is 1330. The van der Waals surface area contributed by atoms with Crippen LogP contribution in [0.15, 0.2) is 57.7 Å². The molecule has 27 heavy (non-hydrogen) atoms.